The van der Waals surface area contributed by atoms with Crippen molar-refractivity contribution < 1.29 is 9.53 Å². The van der Waals surface area contributed by atoms with Gasteiger partial charge in [-0.25, -0.2) is 9.67 Å². The summed E-state index contributed by atoms with van der Waals surface area (Å²) in [6.45, 7) is 8.22. The summed E-state index contributed by atoms with van der Waals surface area (Å²) in [4.78, 5) is 16.2. The number of carbonyl (C=O) groups excluding carboxylic acids is 1. The molecular weight excluding hydrogens is 376 g/mol. The van der Waals surface area contributed by atoms with Crippen LogP contribution < -0.4 is 10.1 Å². The van der Waals surface area contributed by atoms with Crippen molar-refractivity contribution in [2.24, 2.45) is 0 Å². The Hall–Kier alpha value is -3.15. The zero-order valence-corrected chi connectivity index (χ0v) is 18.0. The molecule has 1 amide bonds. The predicted octanol–water partition coefficient (Wildman–Crippen LogP) is 4.10. The van der Waals surface area contributed by atoms with Crippen LogP contribution in [0.1, 0.15) is 50.3 Å². The molecule has 30 heavy (non-hydrogen) atoms. The topological polar surface area (TPSA) is 69.0 Å². The van der Waals surface area contributed by atoms with E-state index in [4.69, 9.17) is 4.74 Å². The van der Waals surface area contributed by atoms with E-state index in [1.807, 2.05) is 36.4 Å². The van der Waals surface area contributed by atoms with Crippen LogP contribution in [0.15, 0.2) is 61.2 Å². The van der Waals surface area contributed by atoms with Crippen LogP contribution in [-0.4, -0.2) is 27.3 Å². The number of nitrogens with one attached hydrogen (secondary N) is 1. The lowest BCUT2D eigenvalue weighted by Crippen LogP contribution is -2.23. The van der Waals surface area contributed by atoms with Gasteiger partial charge in [0.2, 0.25) is 5.91 Å². The number of amides is 1. The lowest BCUT2D eigenvalue weighted by molar-refractivity contribution is -0.121. The third-order valence-electron chi connectivity index (χ3n) is 4.93. The molecule has 158 valence electrons. The zero-order valence-electron chi connectivity index (χ0n) is 18.0. The first-order chi connectivity index (χ1) is 14.4. The van der Waals surface area contributed by atoms with Gasteiger partial charge in [0, 0.05) is 13.0 Å². The molecule has 0 aliphatic rings. The summed E-state index contributed by atoms with van der Waals surface area (Å²) >= 11 is 0. The average molecular weight is 407 g/mol. The van der Waals surface area contributed by atoms with Crippen LogP contribution in [0.5, 0.6) is 5.75 Å². The molecule has 1 aromatic heterocycles. The normalized spacial score (nSPS) is 11.3. The maximum Gasteiger partial charge on any atom is 0.220 e. The summed E-state index contributed by atoms with van der Waals surface area (Å²) in [5.41, 5.74) is 3.60. The fourth-order valence-corrected chi connectivity index (χ4v) is 3.13. The fourth-order valence-electron chi connectivity index (χ4n) is 3.13. The summed E-state index contributed by atoms with van der Waals surface area (Å²) in [5, 5.41) is 7.15. The van der Waals surface area contributed by atoms with Crippen LogP contribution in [0.3, 0.4) is 0 Å². The van der Waals surface area contributed by atoms with E-state index in [9.17, 15) is 4.79 Å². The van der Waals surface area contributed by atoms with Crippen molar-refractivity contribution in [1.82, 2.24) is 20.1 Å². The van der Waals surface area contributed by atoms with Crippen LogP contribution in [0.2, 0.25) is 0 Å². The highest BCUT2D eigenvalue weighted by Gasteiger charge is 2.13. The van der Waals surface area contributed by atoms with E-state index in [-0.39, 0.29) is 11.3 Å². The molecule has 6 heteroatoms. The fraction of sp³-hybridized carbons (Fsp3) is 0.375. The van der Waals surface area contributed by atoms with Crippen LogP contribution >= 0.6 is 0 Å². The minimum atomic E-state index is 0.0252. The van der Waals surface area contributed by atoms with Gasteiger partial charge in [-0.15, -0.1) is 0 Å². The number of ether oxygens (including phenoxy) is 1. The van der Waals surface area contributed by atoms with Crippen molar-refractivity contribution in [1.29, 1.82) is 0 Å². The second-order valence-electron chi connectivity index (χ2n) is 8.36. The molecule has 1 N–H and O–H groups in total. The maximum absolute atomic E-state index is 12.2. The van der Waals surface area contributed by atoms with E-state index in [1.54, 1.807) is 11.0 Å². The Balaban J connectivity index is 1.39. The van der Waals surface area contributed by atoms with Gasteiger partial charge in [-0.1, -0.05) is 57.2 Å². The first-order valence-corrected chi connectivity index (χ1v) is 10.3. The van der Waals surface area contributed by atoms with Gasteiger partial charge in [-0.3, -0.25) is 4.79 Å². The van der Waals surface area contributed by atoms with E-state index >= 15 is 0 Å². The third kappa shape index (κ3) is 6.44. The quantitative estimate of drug-likeness (QED) is 0.543. The molecule has 6 nitrogen and oxygen atoms in total. The number of hydrogen-bond acceptors (Lipinski definition) is 4. The molecule has 1 heterocycles. The highest BCUT2D eigenvalue weighted by Crippen LogP contribution is 2.24. The van der Waals surface area contributed by atoms with E-state index < -0.39 is 0 Å². The standard InChI is InChI=1S/C24H30N4O2/c1-24(2,3)21-10-12-22(13-11-21)30-14-6-9-23(29)26-15-19-7-4-5-8-20(19)16-28-18-25-17-27-28/h4-5,7-8,10-13,17-18H,6,9,14-16H2,1-3H3,(H,26,29). The van der Waals surface area contributed by atoms with Crippen molar-refractivity contribution in [3.05, 3.63) is 77.9 Å². The highest BCUT2D eigenvalue weighted by atomic mass is 16.5. The van der Waals surface area contributed by atoms with Crippen molar-refractivity contribution in [3.8, 4) is 5.75 Å². The molecule has 0 saturated carbocycles. The Morgan fingerprint density at radius 2 is 1.80 bits per heavy atom. The maximum atomic E-state index is 12.2. The molecule has 3 rings (SSSR count). The Labute approximate surface area is 178 Å². The van der Waals surface area contributed by atoms with Crippen molar-refractivity contribution >= 4 is 5.91 Å². The molecule has 0 bridgehead atoms. The largest absolute Gasteiger partial charge is 0.494 e. The van der Waals surface area contributed by atoms with Crippen molar-refractivity contribution in [2.45, 2.75) is 52.1 Å². The molecule has 0 aliphatic heterocycles. The zero-order chi connectivity index (χ0) is 21.4. The smallest absolute Gasteiger partial charge is 0.220 e. The monoisotopic (exact) mass is 406 g/mol. The van der Waals surface area contributed by atoms with Gasteiger partial charge >= 0.3 is 0 Å². The van der Waals surface area contributed by atoms with Gasteiger partial charge in [-0.05, 0) is 40.7 Å². The summed E-state index contributed by atoms with van der Waals surface area (Å²) in [6, 6.07) is 16.2. The molecule has 0 unspecified atom stereocenters. The van der Waals surface area contributed by atoms with Crippen molar-refractivity contribution in [2.75, 3.05) is 6.61 Å². The van der Waals surface area contributed by atoms with E-state index in [1.165, 1.54) is 11.9 Å². The molecule has 0 aliphatic carbocycles. The SMILES string of the molecule is CC(C)(C)c1ccc(OCCCC(=O)NCc2ccccc2Cn2cncn2)cc1. The number of carbonyl (C=O) groups is 1. The first-order valence-electron chi connectivity index (χ1n) is 10.3. The highest BCUT2D eigenvalue weighted by molar-refractivity contribution is 5.75. The van der Waals surface area contributed by atoms with Gasteiger partial charge < -0.3 is 10.1 Å². The molecule has 0 fully saturated rings. The van der Waals surface area contributed by atoms with Crippen LogP contribution in [0, 0.1) is 0 Å². The summed E-state index contributed by atoms with van der Waals surface area (Å²) in [6.07, 6.45) is 4.32. The number of rotatable bonds is 9. The number of hydrogen-bond donors (Lipinski definition) is 1. The Bertz CT molecular complexity index is 929. The van der Waals surface area contributed by atoms with Gasteiger partial charge in [0.1, 0.15) is 18.4 Å². The Kier molecular flexibility index (Phi) is 7.22. The van der Waals surface area contributed by atoms with Gasteiger partial charge in [0.25, 0.3) is 0 Å². The first kappa shape index (κ1) is 21.6. The van der Waals surface area contributed by atoms with Crippen molar-refractivity contribution in [3.63, 3.8) is 0 Å². The Morgan fingerprint density at radius 3 is 2.47 bits per heavy atom. The minimum absolute atomic E-state index is 0.0252. The number of benzene rings is 2. The summed E-state index contributed by atoms with van der Waals surface area (Å²) in [5.74, 6) is 0.864. The van der Waals surface area contributed by atoms with Gasteiger partial charge in [-0.2, -0.15) is 5.10 Å². The molecular formula is C24H30N4O2. The predicted molar refractivity (Wildman–Crippen MR) is 117 cm³/mol. The average Bonchev–Trinajstić information content (AvgIpc) is 3.23. The van der Waals surface area contributed by atoms with Crippen LogP contribution in [0.4, 0.5) is 0 Å². The van der Waals surface area contributed by atoms with Gasteiger partial charge in [0.15, 0.2) is 0 Å². The molecule has 3 aromatic rings. The Morgan fingerprint density at radius 1 is 1.07 bits per heavy atom. The van der Waals surface area contributed by atoms with E-state index in [2.05, 4.69) is 48.3 Å². The number of nitrogens with zero attached hydrogens (tertiary/aromatic N) is 3. The lowest BCUT2D eigenvalue weighted by atomic mass is 9.87. The lowest BCUT2D eigenvalue weighted by Gasteiger charge is -2.19. The minimum Gasteiger partial charge on any atom is -0.494 e. The molecule has 0 saturated heterocycles. The second kappa shape index (κ2) is 10.1. The molecule has 0 spiro atoms. The molecule has 0 radical (unpaired) electrons. The van der Waals surface area contributed by atoms with E-state index in [0.717, 1.165) is 16.9 Å². The summed E-state index contributed by atoms with van der Waals surface area (Å²) in [7, 11) is 0. The number of aromatic nitrogens is 3. The molecule has 0 atom stereocenters. The molecule has 2 aromatic carbocycles. The van der Waals surface area contributed by atoms with Gasteiger partial charge in [0.05, 0.1) is 13.2 Å². The summed E-state index contributed by atoms with van der Waals surface area (Å²) < 4.78 is 7.54. The van der Waals surface area contributed by atoms with Crippen LogP contribution in [-0.2, 0) is 23.3 Å². The third-order valence-corrected chi connectivity index (χ3v) is 4.93. The van der Waals surface area contributed by atoms with Crippen LogP contribution in [0.25, 0.3) is 0 Å². The second-order valence-corrected chi connectivity index (χ2v) is 8.36. The van der Waals surface area contributed by atoms with E-state index in [0.29, 0.717) is 32.5 Å².